The van der Waals surface area contributed by atoms with Crippen LogP contribution in [0.15, 0.2) is 24.4 Å². The third kappa shape index (κ3) is 3.86. The van der Waals surface area contributed by atoms with Gasteiger partial charge in [-0.2, -0.15) is 0 Å². The lowest BCUT2D eigenvalue weighted by Gasteiger charge is -2.25. The van der Waals surface area contributed by atoms with Gasteiger partial charge in [-0.15, -0.1) is 10.2 Å². The van der Waals surface area contributed by atoms with E-state index in [1.54, 1.807) is 6.20 Å². The summed E-state index contributed by atoms with van der Waals surface area (Å²) in [5, 5.41) is 9.27. The zero-order valence-electron chi connectivity index (χ0n) is 15.6. The van der Waals surface area contributed by atoms with E-state index in [9.17, 15) is 4.79 Å². The molecule has 1 fully saturated rings. The van der Waals surface area contributed by atoms with E-state index in [2.05, 4.69) is 25.1 Å². The van der Waals surface area contributed by atoms with E-state index in [-0.39, 0.29) is 12.2 Å². The van der Waals surface area contributed by atoms with Crippen LogP contribution in [0.1, 0.15) is 11.6 Å². The van der Waals surface area contributed by atoms with Gasteiger partial charge in [-0.05, 0) is 13.0 Å². The van der Waals surface area contributed by atoms with Gasteiger partial charge in [-0.25, -0.2) is 9.97 Å². The van der Waals surface area contributed by atoms with Crippen LogP contribution < -0.4 is 0 Å². The molecule has 0 atom stereocenters. The van der Waals surface area contributed by atoms with Gasteiger partial charge in [0.1, 0.15) is 11.6 Å². The number of carbonyl (C=O) groups is 1. The number of Topliss-reactive ketones (excluding diaryl/α,β-unsaturated/α-hetero) is 1. The lowest BCUT2D eigenvalue weighted by Crippen LogP contribution is -2.40. The van der Waals surface area contributed by atoms with Crippen molar-refractivity contribution in [2.75, 3.05) is 32.8 Å². The Bertz CT molecular complexity index is 977. The Morgan fingerprint density at radius 1 is 1.22 bits per heavy atom. The lowest BCUT2D eigenvalue weighted by atomic mass is 10.1. The van der Waals surface area contributed by atoms with E-state index in [4.69, 9.17) is 4.74 Å². The molecule has 0 aliphatic carbocycles. The van der Waals surface area contributed by atoms with Gasteiger partial charge < -0.3 is 9.30 Å². The predicted molar refractivity (Wildman–Crippen MR) is 100 cm³/mol. The van der Waals surface area contributed by atoms with Gasteiger partial charge in [0.15, 0.2) is 11.6 Å². The van der Waals surface area contributed by atoms with Crippen molar-refractivity contribution in [2.45, 2.75) is 13.3 Å². The fourth-order valence-corrected chi connectivity index (χ4v) is 3.19. The Hall–Kier alpha value is -2.71. The second-order valence-electron chi connectivity index (χ2n) is 6.79. The maximum atomic E-state index is 12.4. The monoisotopic (exact) mass is 366 g/mol. The number of fused-ring (bicyclic) bond motifs is 1. The Labute approximate surface area is 157 Å². The van der Waals surface area contributed by atoms with E-state index < -0.39 is 0 Å². The quantitative estimate of drug-likeness (QED) is 0.670. The van der Waals surface area contributed by atoms with E-state index in [0.29, 0.717) is 25.6 Å². The van der Waals surface area contributed by atoms with Crippen molar-refractivity contribution in [3.8, 4) is 11.4 Å². The van der Waals surface area contributed by atoms with Crippen LogP contribution in [0.4, 0.5) is 0 Å². The van der Waals surface area contributed by atoms with Gasteiger partial charge in [-0.3, -0.25) is 9.69 Å². The third-order valence-corrected chi connectivity index (χ3v) is 4.84. The molecule has 140 valence electrons. The van der Waals surface area contributed by atoms with Crippen molar-refractivity contribution in [3.63, 3.8) is 0 Å². The van der Waals surface area contributed by atoms with E-state index in [1.807, 2.05) is 36.7 Å². The molecule has 1 aliphatic heterocycles. The Balaban J connectivity index is 1.53. The van der Waals surface area contributed by atoms with Crippen LogP contribution in [0.25, 0.3) is 22.3 Å². The Morgan fingerprint density at radius 2 is 2.04 bits per heavy atom. The number of ketones is 1. The molecule has 0 unspecified atom stereocenters. The van der Waals surface area contributed by atoms with Crippen LogP contribution >= 0.6 is 0 Å². The molecule has 2 aromatic heterocycles. The molecule has 8 nitrogen and oxygen atoms in total. The SMILES string of the molecule is Cc1nnc(-c2ccc3cnc(CC(=O)CN4CCOCC4)nc3c2)n1C. The summed E-state index contributed by atoms with van der Waals surface area (Å²) in [4.78, 5) is 23.4. The molecule has 0 N–H and O–H groups in total. The number of aromatic nitrogens is 5. The zero-order valence-corrected chi connectivity index (χ0v) is 15.6. The minimum absolute atomic E-state index is 0.122. The maximum absolute atomic E-state index is 12.4. The highest BCUT2D eigenvalue weighted by Gasteiger charge is 2.16. The minimum atomic E-state index is 0.122. The molecule has 0 amide bonds. The fourth-order valence-electron chi connectivity index (χ4n) is 3.19. The first-order valence-electron chi connectivity index (χ1n) is 9.04. The summed E-state index contributed by atoms with van der Waals surface area (Å²) in [5.41, 5.74) is 1.74. The number of hydrogen-bond donors (Lipinski definition) is 0. The summed E-state index contributed by atoms with van der Waals surface area (Å²) in [5.74, 6) is 2.31. The normalized spacial score (nSPS) is 15.3. The molecule has 0 bridgehead atoms. The molecule has 1 aliphatic rings. The van der Waals surface area contributed by atoms with Gasteiger partial charge in [0, 0.05) is 37.3 Å². The molecule has 27 heavy (non-hydrogen) atoms. The predicted octanol–water partition coefficient (Wildman–Crippen LogP) is 1.18. The number of carbonyl (C=O) groups excluding carboxylic acids is 1. The summed E-state index contributed by atoms with van der Waals surface area (Å²) < 4.78 is 7.26. The Morgan fingerprint density at radius 3 is 2.78 bits per heavy atom. The average molecular weight is 366 g/mol. The fraction of sp³-hybridized carbons (Fsp3) is 0.421. The number of aryl methyl sites for hydroxylation is 1. The lowest BCUT2D eigenvalue weighted by molar-refractivity contribution is -0.120. The molecule has 0 radical (unpaired) electrons. The van der Waals surface area contributed by atoms with E-state index in [1.165, 1.54) is 0 Å². The van der Waals surface area contributed by atoms with E-state index >= 15 is 0 Å². The van der Waals surface area contributed by atoms with Gasteiger partial charge in [0.2, 0.25) is 0 Å². The third-order valence-electron chi connectivity index (χ3n) is 4.84. The molecule has 8 heteroatoms. The zero-order chi connectivity index (χ0) is 18.8. The van der Waals surface area contributed by atoms with Crippen LogP contribution in [0.2, 0.25) is 0 Å². The first-order chi connectivity index (χ1) is 13.1. The van der Waals surface area contributed by atoms with Crippen molar-refractivity contribution in [1.82, 2.24) is 29.6 Å². The molecule has 1 saturated heterocycles. The number of morpholine rings is 1. The second kappa shape index (κ2) is 7.50. The van der Waals surface area contributed by atoms with Crippen molar-refractivity contribution in [1.29, 1.82) is 0 Å². The topological polar surface area (TPSA) is 86.0 Å². The molecule has 3 aromatic rings. The molecule has 3 heterocycles. The number of hydrogen-bond acceptors (Lipinski definition) is 7. The van der Waals surface area contributed by atoms with Crippen molar-refractivity contribution in [2.24, 2.45) is 7.05 Å². The summed E-state index contributed by atoms with van der Waals surface area (Å²) >= 11 is 0. The molecular weight excluding hydrogens is 344 g/mol. The largest absolute Gasteiger partial charge is 0.379 e. The first kappa shape index (κ1) is 17.7. The summed E-state index contributed by atoms with van der Waals surface area (Å²) in [7, 11) is 1.94. The molecular formula is C19H22N6O2. The van der Waals surface area contributed by atoms with Gasteiger partial charge in [0.25, 0.3) is 0 Å². The number of ether oxygens (including phenoxy) is 1. The first-order valence-corrected chi connectivity index (χ1v) is 9.04. The van der Waals surface area contributed by atoms with Crippen LogP contribution in [0, 0.1) is 6.92 Å². The average Bonchev–Trinajstić information content (AvgIpc) is 3.01. The van der Waals surface area contributed by atoms with Gasteiger partial charge in [-0.1, -0.05) is 12.1 Å². The van der Waals surface area contributed by atoms with Crippen LogP contribution in [0.5, 0.6) is 0 Å². The van der Waals surface area contributed by atoms with Crippen molar-refractivity contribution < 1.29 is 9.53 Å². The standard InChI is InChI=1S/C19H22N6O2/c1-13-22-23-19(24(13)2)14-3-4-15-11-20-18(21-17(15)9-14)10-16(26)12-25-5-7-27-8-6-25/h3-4,9,11H,5-8,10,12H2,1-2H3. The van der Waals surface area contributed by atoms with Crippen LogP contribution in [0.3, 0.4) is 0 Å². The maximum Gasteiger partial charge on any atom is 0.163 e. The van der Waals surface area contributed by atoms with E-state index in [0.717, 1.165) is 41.2 Å². The molecule has 4 rings (SSSR count). The van der Waals surface area contributed by atoms with Gasteiger partial charge in [0.05, 0.1) is 31.7 Å². The van der Waals surface area contributed by atoms with Gasteiger partial charge >= 0.3 is 0 Å². The smallest absolute Gasteiger partial charge is 0.163 e. The minimum Gasteiger partial charge on any atom is -0.379 e. The van der Waals surface area contributed by atoms with Crippen molar-refractivity contribution >= 4 is 16.7 Å². The molecule has 0 saturated carbocycles. The van der Waals surface area contributed by atoms with Crippen molar-refractivity contribution in [3.05, 3.63) is 36.0 Å². The number of rotatable bonds is 5. The highest BCUT2D eigenvalue weighted by Crippen LogP contribution is 2.22. The summed E-state index contributed by atoms with van der Waals surface area (Å²) in [6.07, 6.45) is 2.01. The summed E-state index contributed by atoms with van der Waals surface area (Å²) in [6.45, 7) is 5.30. The number of benzene rings is 1. The van der Waals surface area contributed by atoms with Crippen LogP contribution in [-0.4, -0.2) is 68.3 Å². The second-order valence-corrected chi connectivity index (χ2v) is 6.79. The van der Waals surface area contributed by atoms with Crippen LogP contribution in [-0.2, 0) is 23.0 Å². The highest BCUT2D eigenvalue weighted by atomic mass is 16.5. The highest BCUT2D eigenvalue weighted by molar-refractivity contribution is 5.84. The summed E-state index contributed by atoms with van der Waals surface area (Å²) in [6, 6.07) is 5.92. The molecule has 1 aromatic carbocycles. The molecule has 0 spiro atoms. The number of nitrogens with zero attached hydrogens (tertiary/aromatic N) is 6. The Kier molecular flexibility index (Phi) is 4.91.